The van der Waals surface area contributed by atoms with E-state index in [1.807, 2.05) is 0 Å². The largest absolute Gasteiger partial charge is 0.298 e. The summed E-state index contributed by atoms with van der Waals surface area (Å²) in [6, 6.07) is 0. The van der Waals surface area contributed by atoms with Crippen molar-refractivity contribution >= 4 is 5.78 Å². The van der Waals surface area contributed by atoms with Crippen molar-refractivity contribution in [2.75, 3.05) is 13.1 Å². The summed E-state index contributed by atoms with van der Waals surface area (Å²) in [7, 11) is 0. The molecule has 2 rings (SSSR count). The lowest BCUT2D eigenvalue weighted by Gasteiger charge is -2.42. The van der Waals surface area contributed by atoms with Gasteiger partial charge in [-0.25, -0.2) is 0 Å². The van der Waals surface area contributed by atoms with Gasteiger partial charge in [-0.2, -0.15) is 0 Å². The van der Waals surface area contributed by atoms with Gasteiger partial charge in [0, 0.05) is 6.42 Å². The highest BCUT2D eigenvalue weighted by molar-refractivity contribution is 5.88. The normalized spacial score (nSPS) is 25.8. The lowest BCUT2D eigenvalue weighted by Crippen LogP contribution is -2.54. The third-order valence-corrected chi connectivity index (χ3v) is 4.39. The Bertz CT molecular complexity index is 237. The van der Waals surface area contributed by atoms with Gasteiger partial charge < -0.3 is 0 Å². The van der Waals surface area contributed by atoms with Gasteiger partial charge in [0.1, 0.15) is 0 Å². The highest BCUT2D eigenvalue weighted by Crippen LogP contribution is 2.38. The average molecular weight is 223 g/mol. The van der Waals surface area contributed by atoms with Crippen LogP contribution >= 0.6 is 0 Å². The number of likely N-dealkylation sites (tertiary alicyclic amines) is 1. The number of carbonyl (C=O) groups excluding carboxylic acids is 1. The van der Waals surface area contributed by atoms with E-state index in [4.69, 9.17) is 0 Å². The first kappa shape index (κ1) is 12.1. The summed E-state index contributed by atoms with van der Waals surface area (Å²) in [6.45, 7) is 4.45. The van der Waals surface area contributed by atoms with Gasteiger partial charge in [0.15, 0.2) is 5.78 Å². The summed E-state index contributed by atoms with van der Waals surface area (Å²) in [6.07, 6.45) is 10.5. The molecular formula is C14H25NO. The van der Waals surface area contributed by atoms with Crippen LogP contribution in [0.5, 0.6) is 0 Å². The Hall–Kier alpha value is -0.370. The lowest BCUT2D eigenvalue weighted by atomic mass is 9.85. The van der Waals surface area contributed by atoms with Crippen LogP contribution in [0.2, 0.25) is 0 Å². The maximum atomic E-state index is 12.4. The van der Waals surface area contributed by atoms with Crippen LogP contribution in [0.4, 0.5) is 0 Å². The first-order valence-electron chi connectivity index (χ1n) is 7.08. The molecule has 1 heterocycles. The molecule has 1 aliphatic carbocycles. The zero-order chi connectivity index (χ0) is 11.4. The second-order valence-electron chi connectivity index (χ2n) is 5.46. The van der Waals surface area contributed by atoms with E-state index in [0.29, 0.717) is 5.78 Å². The molecule has 0 aromatic rings. The summed E-state index contributed by atoms with van der Waals surface area (Å²) in [4.78, 5) is 15.0. The Labute approximate surface area is 99.4 Å². The number of piperidine rings is 1. The summed E-state index contributed by atoms with van der Waals surface area (Å²) < 4.78 is 0. The van der Waals surface area contributed by atoms with Gasteiger partial charge in [-0.05, 0) is 45.2 Å². The van der Waals surface area contributed by atoms with E-state index in [2.05, 4.69) is 11.8 Å². The van der Waals surface area contributed by atoms with E-state index in [-0.39, 0.29) is 5.54 Å². The average Bonchev–Trinajstić information content (AvgIpc) is 2.81. The maximum Gasteiger partial charge on any atom is 0.153 e. The molecule has 92 valence electrons. The summed E-state index contributed by atoms with van der Waals surface area (Å²) in [5.41, 5.74) is -0.0313. The van der Waals surface area contributed by atoms with Crippen molar-refractivity contribution in [3.63, 3.8) is 0 Å². The van der Waals surface area contributed by atoms with Crippen LogP contribution in [0.25, 0.3) is 0 Å². The van der Waals surface area contributed by atoms with Crippen LogP contribution in [0, 0.1) is 0 Å². The van der Waals surface area contributed by atoms with E-state index in [1.165, 1.54) is 32.1 Å². The van der Waals surface area contributed by atoms with E-state index >= 15 is 0 Å². The molecule has 2 aliphatic rings. The van der Waals surface area contributed by atoms with Gasteiger partial charge in [-0.1, -0.05) is 26.2 Å². The molecule has 0 spiro atoms. The van der Waals surface area contributed by atoms with Crippen LogP contribution in [0.15, 0.2) is 0 Å². The molecule has 1 saturated heterocycles. The zero-order valence-electron chi connectivity index (χ0n) is 10.6. The van der Waals surface area contributed by atoms with Crippen LogP contribution < -0.4 is 0 Å². The Balaban J connectivity index is 2.10. The number of carbonyl (C=O) groups is 1. The van der Waals surface area contributed by atoms with Gasteiger partial charge in [0.05, 0.1) is 5.54 Å². The first-order chi connectivity index (χ1) is 7.79. The zero-order valence-corrected chi connectivity index (χ0v) is 10.6. The molecule has 0 aromatic carbocycles. The van der Waals surface area contributed by atoms with Crippen molar-refractivity contribution < 1.29 is 4.79 Å². The molecule has 0 amide bonds. The highest BCUT2D eigenvalue weighted by atomic mass is 16.1. The van der Waals surface area contributed by atoms with Crippen LogP contribution in [0.3, 0.4) is 0 Å². The number of rotatable bonds is 4. The predicted molar refractivity (Wildman–Crippen MR) is 66.5 cm³/mol. The van der Waals surface area contributed by atoms with Crippen LogP contribution in [-0.4, -0.2) is 29.3 Å². The molecule has 2 heteroatoms. The third kappa shape index (κ3) is 2.17. The number of Topliss-reactive ketones (excluding diaryl/α,β-unsaturated/α-hetero) is 1. The molecule has 0 unspecified atom stereocenters. The van der Waals surface area contributed by atoms with E-state index in [1.54, 1.807) is 0 Å². The summed E-state index contributed by atoms with van der Waals surface area (Å²) >= 11 is 0. The second kappa shape index (κ2) is 5.31. The first-order valence-corrected chi connectivity index (χ1v) is 7.08. The topological polar surface area (TPSA) is 20.3 Å². The maximum absolute atomic E-state index is 12.4. The van der Waals surface area contributed by atoms with E-state index < -0.39 is 0 Å². The molecule has 0 atom stereocenters. The van der Waals surface area contributed by atoms with Crippen LogP contribution in [0.1, 0.15) is 64.7 Å². The second-order valence-corrected chi connectivity index (χ2v) is 5.46. The Morgan fingerprint density at radius 2 is 1.69 bits per heavy atom. The smallest absolute Gasteiger partial charge is 0.153 e. The van der Waals surface area contributed by atoms with Gasteiger partial charge in [0.2, 0.25) is 0 Å². The molecule has 2 nitrogen and oxygen atoms in total. The molecule has 1 saturated carbocycles. The van der Waals surface area contributed by atoms with Crippen molar-refractivity contribution in [3.05, 3.63) is 0 Å². The molecule has 16 heavy (non-hydrogen) atoms. The molecule has 0 aromatic heterocycles. The monoisotopic (exact) mass is 223 g/mol. The molecule has 1 aliphatic heterocycles. The Morgan fingerprint density at radius 3 is 2.25 bits per heavy atom. The summed E-state index contributed by atoms with van der Waals surface area (Å²) in [5.74, 6) is 0.536. The molecule has 0 bridgehead atoms. The number of ketones is 1. The minimum absolute atomic E-state index is 0.0313. The fourth-order valence-electron chi connectivity index (χ4n) is 3.51. The predicted octanol–water partition coefficient (Wildman–Crippen LogP) is 3.15. The third-order valence-electron chi connectivity index (χ3n) is 4.39. The van der Waals surface area contributed by atoms with Gasteiger partial charge in [-0.3, -0.25) is 9.69 Å². The lowest BCUT2D eigenvalue weighted by molar-refractivity contribution is -0.132. The fourth-order valence-corrected chi connectivity index (χ4v) is 3.51. The SMILES string of the molecule is CCCC(=O)C1(N2CCCCC2)CCCC1. The van der Waals surface area contributed by atoms with Gasteiger partial charge >= 0.3 is 0 Å². The Kier molecular flexibility index (Phi) is 4.01. The molecule has 2 fully saturated rings. The van der Waals surface area contributed by atoms with Crippen molar-refractivity contribution in [3.8, 4) is 0 Å². The summed E-state index contributed by atoms with van der Waals surface area (Å²) in [5, 5.41) is 0. The minimum atomic E-state index is -0.0313. The molecule has 0 N–H and O–H groups in total. The quantitative estimate of drug-likeness (QED) is 0.729. The number of nitrogens with zero attached hydrogens (tertiary/aromatic N) is 1. The fraction of sp³-hybridized carbons (Fsp3) is 0.929. The van der Waals surface area contributed by atoms with Crippen molar-refractivity contribution in [1.82, 2.24) is 4.90 Å². The number of hydrogen-bond donors (Lipinski definition) is 0. The van der Waals surface area contributed by atoms with E-state index in [0.717, 1.165) is 38.8 Å². The van der Waals surface area contributed by atoms with Crippen molar-refractivity contribution in [2.45, 2.75) is 70.3 Å². The van der Waals surface area contributed by atoms with E-state index in [9.17, 15) is 4.79 Å². The van der Waals surface area contributed by atoms with Crippen molar-refractivity contribution in [2.24, 2.45) is 0 Å². The van der Waals surface area contributed by atoms with Gasteiger partial charge in [0.25, 0.3) is 0 Å². The van der Waals surface area contributed by atoms with Crippen LogP contribution in [-0.2, 0) is 4.79 Å². The number of hydrogen-bond acceptors (Lipinski definition) is 2. The highest BCUT2D eigenvalue weighted by Gasteiger charge is 2.44. The molecule has 0 radical (unpaired) electrons. The van der Waals surface area contributed by atoms with Gasteiger partial charge in [-0.15, -0.1) is 0 Å². The Morgan fingerprint density at radius 1 is 1.06 bits per heavy atom. The molecular weight excluding hydrogens is 198 g/mol. The van der Waals surface area contributed by atoms with Crippen molar-refractivity contribution in [1.29, 1.82) is 0 Å². The minimum Gasteiger partial charge on any atom is -0.298 e. The standard InChI is InChI=1S/C14H25NO/c1-2-8-13(16)14(9-4-5-10-14)15-11-6-3-7-12-15/h2-12H2,1H3.